The number of anilines is 1. The van der Waals surface area contributed by atoms with E-state index in [1.807, 2.05) is 0 Å². The number of hydrogen-bond donors (Lipinski definition) is 2. The number of rotatable bonds is 5. The van der Waals surface area contributed by atoms with Crippen LogP contribution in [-0.4, -0.2) is 31.4 Å². The van der Waals surface area contributed by atoms with Gasteiger partial charge in [-0.3, -0.25) is 9.59 Å². The lowest BCUT2D eigenvalue weighted by molar-refractivity contribution is -0.126. The van der Waals surface area contributed by atoms with Gasteiger partial charge < -0.3 is 15.4 Å². The molecule has 0 bridgehead atoms. The number of carbonyl (C=O) groups excluding carboxylic acids is 3. The van der Waals surface area contributed by atoms with Crippen molar-refractivity contribution in [3.63, 3.8) is 0 Å². The van der Waals surface area contributed by atoms with Crippen LogP contribution in [0.25, 0.3) is 0 Å². The standard InChI is InChI=1S/C14H18N2O4/c1-9(2)13(18)15-8-12(17)16-11-6-4-5-10(7-11)14(19)20-3/h4-7,9H,8H2,1-3H3,(H,15,18)(H,16,17). The fourth-order valence-corrected chi connectivity index (χ4v) is 1.42. The molecule has 0 unspecified atom stereocenters. The molecule has 1 aromatic rings. The largest absolute Gasteiger partial charge is 0.465 e. The lowest BCUT2D eigenvalue weighted by atomic mass is 10.2. The van der Waals surface area contributed by atoms with Crippen molar-refractivity contribution >= 4 is 23.5 Å². The van der Waals surface area contributed by atoms with Gasteiger partial charge >= 0.3 is 5.97 Å². The van der Waals surface area contributed by atoms with Crippen LogP contribution < -0.4 is 10.6 Å². The minimum atomic E-state index is -0.478. The molecule has 2 N–H and O–H groups in total. The first-order valence-corrected chi connectivity index (χ1v) is 6.20. The molecule has 0 heterocycles. The van der Waals surface area contributed by atoms with Crippen LogP contribution in [0, 0.1) is 5.92 Å². The van der Waals surface area contributed by atoms with Gasteiger partial charge in [-0.1, -0.05) is 19.9 Å². The van der Waals surface area contributed by atoms with Crippen molar-refractivity contribution in [1.29, 1.82) is 0 Å². The Labute approximate surface area is 117 Å². The maximum absolute atomic E-state index is 11.6. The first-order valence-electron chi connectivity index (χ1n) is 6.20. The lowest BCUT2D eigenvalue weighted by Crippen LogP contribution is -2.35. The van der Waals surface area contributed by atoms with E-state index >= 15 is 0 Å². The van der Waals surface area contributed by atoms with E-state index in [4.69, 9.17) is 0 Å². The van der Waals surface area contributed by atoms with Crippen molar-refractivity contribution in [1.82, 2.24) is 5.32 Å². The van der Waals surface area contributed by atoms with Gasteiger partial charge in [0.2, 0.25) is 11.8 Å². The third-order valence-electron chi connectivity index (χ3n) is 2.51. The minimum absolute atomic E-state index is 0.112. The number of esters is 1. The Balaban J connectivity index is 2.58. The van der Waals surface area contributed by atoms with Crippen LogP contribution in [0.3, 0.4) is 0 Å². The molecule has 0 saturated carbocycles. The summed E-state index contributed by atoms with van der Waals surface area (Å²) in [4.78, 5) is 34.3. The van der Waals surface area contributed by atoms with Crippen molar-refractivity contribution in [2.24, 2.45) is 5.92 Å². The Morgan fingerprint density at radius 3 is 2.55 bits per heavy atom. The summed E-state index contributed by atoms with van der Waals surface area (Å²) in [5.74, 6) is -1.20. The van der Waals surface area contributed by atoms with Gasteiger partial charge in [-0.15, -0.1) is 0 Å². The van der Waals surface area contributed by atoms with Gasteiger partial charge in [-0.25, -0.2) is 4.79 Å². The van der Waals surface area contributed by atoms with Gasteiger partial charge in [0.15, 0.2) is 0 Å². The summed E-state index contributed by atoms with van der Waals surface area (Å²) in [6, 6.07) is 6.37. The topological polar surface area (TPSA) is 84.5 Å². The van der Waals surface area contributed by atoms with E-state index in [-0.39, 0.29) is 24.3 Å². The van der Waals surface area contributed by atoms with E-state index in [0.717, 1.165) is 0 Å². The Bertz CT molecular complexity index is 512. The van der Waals surface area contributed by atoms with Crippen LogP contribution in [-0.2, 0) is 14.3 Å². The molecule has 0 aromatic heterocycles. The molecule has 0 saturated heterocycles. The molecular formula is C14H18N2O4. The molecule has 0 atom stereocenters. The van der Waals surface area contributed by atoms with Gasteiger partial charge in [-0.2, -0.15) is 0 Å². The minimum Gasteiger partial charge on any atom is -0.465 e. The summed E-state index contributed by atoms with van der Waals surface area (Å²) in [5.41, 5.74) is 0.813. The molecule has 0 fully saturated rings. The molecule has 0 aliphatic heterocycles. The molecule has 2 amide bonds. The summed E-state index contributed by atoms with van der Waals surface area (Å²) in [7, 11) is 1.29. The molecule has 0 aliphatic carbocycles. The third-order valence-corrected chi connectivity index (χ3v) is 2.51. The van der Waals surface area contributed by atoms with Gasteiger partial charge in [0.1, 0.15) is 0 Å². The lowest BCUT2D eigenvalue weighted by Gasteiger charge is -2.09. The fourth-order valence-electron chi connectivity index (χ4n) is 1.42. The number of nitrogens with one attached hydrogen (secondary N) is 2. The number of carbonyl (C=O) groups is 3. The van der Waals surface area contributed by atoms with E-state index in [1.165, 1.54) is 13.2 Å². The normalized spacial score (nSPS) is 10.0. The third kappa shape index (κ3) is 4.72. The Hall–Kier alpha value is -2.37. The molecule has 0 radical (unpaired) electrons. The number of amides is 2. The van der Waals surface area contributed by atoms with E-state index in [1.54, 1.807) is 32.0 Å². The van der Waals surface area contributed by atoms with E-state index in [9.17, 15) is 14.4 Å². The zero-order valence-corrected chi connectivity index (χ0v) is 11.7. The maximum Gasteiger partial charge on any atom is 0.337 e. The monoisotopic (exact) mass is 278 g/mol. The van der Waals surface area contributed by atoms with Gasteiger partial charge in [-0.05, 0) is 18.2 Å². The SMILES string of the molecule is COC(=O)c1cccc(NC(=O)CNC(=O)C(C)C)c1. The van der Waals surface area contributed by atoms with Crippen LogP contribution in [0.4, 0.5) is 5.69 Å². The Morgan fingerprint density at radius 2 is 1.95 bits per heavy atom. The average molecular weight is 278 g/mol. The zero-order valence-electron chi connectivity index (χ0n) is 11.7. The summed E-state index contributed by atoms with van der Waals surface area (Å²) >= 11 is 0. The molecule has 1 aromatic carbocycles. The highest BCUT2D eigenvalue weighted by Gasteiger charge is 2.10. The van der Waals surface area contributed by atoms with Crippen molar-refractivity contribution in [3.8, 4) is 0 Å². The highest BCUT2D eigenvalue weighted by molar-refractivity contribution is 5.96. The molecule has 6 nitrogen and oxygen atoms in total. The number of ether oxygens (including phenoxy) is 1. The quantitative estimate of drug-likeness (QED) is 0.792. The van der Waals surface area contributed by atoms with Gasteiger partial charge in [0.25, 0.3) is 0 Å². The first-order chi connectivity index (χ1) is 9.43. The van der Waals surface area contributed by atoms with Crippen molar-refractivity contribution in [2.75, 3.05) is 19.0 Å². The number of hydrogen-bond acceptors (Lipinski definition) is 4. The summed E-state index contributed by atoms with van der Waals surface area (Å²) in [6.07, 6.45) is 0. The molecule has 20 heavy (non-hydrogen) atoms. The van der Waals surface area contributed by atoms with E-state index < -0.39 is 5.97 Å². The van der Waals surface area contributed by atoms with Crippen LogP contribution in [0.5, 0.6) is 0 Å². The van der Waals surface area contributed by atoms with Crippen LogP contribution >= 0.6 is 0 Å². The summed E-state index contributed by atoms with van der Waals surface area (Å²) < 4.78 is 4.59. The van der Waals surface area contributed by atoms with E-state index in [2.05, 4.69) is 15.4 Å². The average Bonchev–Trinajstić information content (AvgIpc) is 2.43. The Morgan fingerprint density at radius 1 is 1.25 bits per heavy atom. The molecule has 0 aliphatic rings. The van der Waals surface area contributed by atoms with Crippen molar-refractivity contribution in [2.45, 2.75) is 13.8 Å². The molecule has 108 valence electrons. The molecule has 6 heteroatoms. The second kappa shape index (κ2) is 7.28. The fraction of sp³-hybridized carbons (Fsp3) is 0.357. The molecule has 1 rings (SSSR count). The summed E-state index contributed by atoms with van der Waals surface area (Å²) in [5, 5.41) is 5.10. The zero-order chi connectivity index (χ0) is 15.1. The summed E-state index contributed by atoms with van der Waals surface area (Å²) in [6.45, 7) is 3.37. The van der Waals surface area contributed by atoms with Crippen LogP contribution in [0.1, 0.15) is 24.2 Å². The maximum atomic E-state index is 11.6. The second-order valence-electron chi connectivity index (χ2n) is 4.49. The van der Waals surface area contributed by atoms with E-state index in [0.29, 0.717) is 11.3 Å². The van der Waals surface area contributed by atoms with Crippen molar-refractivity contribution < 1.29 is 19.1 Å². The Kier molecular flexibility index (Phi) is 5.71. The van der Waals surface area contributed by atoms with Crippen LogP contribution in [0.2, 0.25) is 0 Å². The molecular weight excluding hydrogens is 260 g/mol. The van der Waals surface area contributed by atoms with Gasteiger partial charge in [0, 0.05) is 11.6 Å². The highest BCUT2D eigenvalue weighted by Crippen LogP contribution is 2.11. The number of methoxy groups -OCH3 is 1. The molecule has 0 spiro atoms. The predicted octanol–water partition coefficient (Wildman–Crippen LogP) is 1.18. The van der Waals surface area contributed by atoms with Crippen LogP contribution in [0.15, 0.2) is 24.3 Å². The highest BCUT2D eigenvalue weighted by atomic mass is 16.5. The number of benzene rings is 1. The van der Waals surface area contributed by atoms with Gasteiger partial charge in [0.05, 0.1) is 19.2 Å². The first kappa shape index (κ1) is 15.7. The second-order valence-corrected chi connectivity index (χ2v) is 4.49. The van der Waals surface area contributed by atoms with Crippen molar-refractivity contribution in [3.05, 3.63) is 29.8 Å². The predicted molar refractivity (Wildman–Crippen MR) is 74.3 cm³/mol. The smallest absolute Gasteiger partial charge is 0.337 e.